The second-order valence-corrected chi connectivity index (χ2v) is 4.35. The highest BCUT2D eigenvalue weighted by Gasteiger charge is 2.24. The first-order chi connectivity index (χ1) is 9.47. The number of rotatable bonds is 6. The fraction of sp³-hybridized carbons (Fsp3) is 0.462. The molecule has 0 bridgehead atoms. The molecular formula is C13H18N4O3. The third-order valence-corrected chi connectivity index (χ3v) is 2.77. The van der Waals surface area contributed by atoms with Crippen LogP contribution in [-0.4, -0.2) is 32.9 Å². The number of urea groups is 1. The molecular weight excluding hydrogens is 260 g/mol. The molecule has 20 heavy (non-hydrogen) atoms. The number of carbonyl (C=O) groups excluding carboxylic acids is 1. The number of aryl methyl sites for hydroxylation is 1. The summed E-state index contributed by atoms with van der Waals surface area (Å²) in [5.41, 5.74) is 0.403. The maximum atomic E-state index is 11.8. The summed E-state index contributed by atoms with van der Waals surface area (Å²) in [5, 5.41) is 18.1. The lowest BCUT2D eigenvalue weighted by Gasteiger charge is -2.18. The zero-order valence-electron chi connectivity index (χ0n) is 11.5. The second-order valence-electron chi connectivity index (χ2n) is 4.35. The van der Waals surface area contributed by atoms with E-state index in [0.29, 0.717) is 18.4 Å². The highest BCUT2D eigenvalue weighted by Crippen LogP contribution is 2.11. The van der Waals surface area contributed by atoms with E-state index in [-0.39, 0.29) is 6.04 Å². The average Bonchev–Trinajstić information content (AvgIpc) is 2.81. The van der Waals surface area contributed by atoms with Crippen molar-refractivity contribution >= 4 is 12.0 Å². The van der Waals surface area contributed by atoms with Gasteiger partial charge >= 0.3 is 12.0 Å². The van der Waals surface area contributed by atoms with Crippen LogP contribution in [0.25, 0.3) is 0 Å². The molecule has 3 N–H and O–H groups in total. The van der Waals surface area contributed by atoms with E-state index in [1.807, 2.05) is 6.92 Å². The zero-order chi connectivity index (χ0) is 15.1. The third kappa shape index (κ3) is 4.31. The van der Waals surface area contributed by atoms with E-state index in [4.69, 9.17) is 11.5 Å². The number of aliphatic carboxylic acids is 1. The predicted octanol–water partition coefficient (Wildman–Crippen LogP) is 0.647. The summed E-state index contributed by atoms with van der Waals surface area (Å²) in [4.78, 5) is 23.0. The fourth-order valence-corrected chi connectivity index (χ4v) is 1.67. The van der Waals surface area contributed by atoms with Gasteiger partial charge in [0.15, 0.2) is 6.04 Å². The van der Waals surface area contributed by atoms with E-state index in [1.165, 1.54) is 17.1 Å². The molecule has 1 rings (SSSR count). The fourth-order valence-electron chi connectivity index (χ4n) is 1.67. The Morgan fingerprint density at radius 2 is 2.25 bits per heavy atom. The van der Waals surface area contributed by atoms with Crippen LogP contribution in [0.1, 0.15) is 31.4 Å². The lowest BCUT2D eigenvalue weighted by molar-refractivity contribution is -0.139. The molecule has 2 amide bonds. The number of nitrogens with zero attached hydrogens (tertiary/aromatic N) is 2. The van der Waals surface area contributed by atoms with Crippen molar-refractivity contribution in [3.8, 4) is 12.3 Å². The normalized spacial score (nSPS) is 13.1. The molecule has 1 aromatic rings. The van der Waals surface area contributed by atoms with E-state index in [9.17, 15) is 9.59 Å². The number of aromatic nitrogens is 2. The van der Waals surface area contributed by atoms with Gasteiger partial charge in [-0.1, -0.05) is 6.92 Å². The Morgan fingerprint density at radius 1 is 1.55 bits per heavy atom. The van der Waals surface area contributed by atoms with Crippen molar-refractivity contribution in [2.24, 2.45) is 7.05 Å². The van der Waals surface area contributed by atoms with Gasteiger partial charge in [0.25, 0.3) is 0 Å². The lowest BCUT2D eigenvalue weighted by atomic mass is 10.1. The summed E-state index contributed by atoms with van der Waals surface area (Å²) in [6.45, 7) is 1.89. The van der Waals surface area contributed by atoms with Crippen molar-refractivity contribution < 1.29 is 14.7 Å². The minimum Gasteiger partial charge on any atom is -0.479 e. The third-order valence-electron chi connectivity index (χ3n) is 2.77. The molecule has 7 heteroatoms. The minimum absolute atomic E-state index is 0.177. The maximum absolute atomic E-state index is 11.8. The lowest BCUT2D eigenvalue weighted by Crippen LogP contribution is -2.45. The van der Waals surface area contributed by atoms with Crippen molar-refractivity contribution in [1.29, 1.82) is 0 Å². The topological polar surface area (TPSA) is 96.2 Å². The summed E-state index contributed by atoms with van der Waals surface area (Å²) in [6.07, 6.45) is 9.20. The second kappa shape index (κ2) is 7.19. The molecule has 0 aliphatic rings. The molecule has 0 radical (unpaired) electrons. The van der Waals surface area contributed by atoms with Gasteiger partial charge in [0.1, 0.15) is 0 Å². The molecule has 0 aromatic carbocycles. The van der Waals surface area contributed by atoms with Crippen LogP contribution in [0.5, 0.6) is 0 Å². The van der Waals surface area contributed by atoms with Crippen molar-refractivity contribution in [2.45, 2.75) is 31.8 Å². The summed E-state index contributed by atoms with van der Waals surface area (Å²) >= 11 is 0. The van der Waals surface area contributed by atoms with Crippen molar-refractivity contribution in [1.82, 2.24) is 20.4 Å². The van der Waals surface area contributed by atoms with Gasteiger partial charge in [-0.3, -0.25) is 4.68 Å². The Hall–Kier alpha value is -2.49. The smallest absolute Gasteiger partial charge is 0.331 e. The molecule has 0 fully saturated rings. The van der Waals surface area contributed by atoms with Gasteiger partial charge in [0.05, 0.1) is 6.20 Å². The van der Waals surface area contributed by atoms with Crippen LogP contribution in [0.2, 0.25) is 0 Å². The van der Waals surface area contributed by atoms with E-state index in [2.05, 4.69) is 21.7 Å². The largest absolute Gasteiger partial charge is 0.479 e. The molecule has 1 aromatic heterocycles. The molecule has 0 aliphatic heterocycles. The minimum atomic E-state index is -1.15. The molecule has 0 aliphatic carbocycles. The molecule has 108 valence electrons. The van der Waals surface area contributed by atoms with Crippen LogP contribution in [-0.2, 0) is 11.8 Å². The molecule has 1 heterocycles. The standard InChI is InChI=1S/C13H18N4O3/c1-4-6-10(5-2)15-13(20)16-11(12(18)19)9-7-14-17(3)8-9/h1,7-8,10-11H,5-6H2,2-3H3,(H,18,19)(H2,15,16,20). The number of carbonyl (C=O) groups is 2. The Balaban J connectivity index is 2.69. The molecule has 0 saturated heterocycles. The van der Waals surface area contributed by atoms with Crippen LogP contribution < -0.4 is 10.6 Å². The summed E-state index contributed by atoms with van der Waals surface area (Å²) < 4.78 is 1.47. The van der Waals surface area contributed by atoms with Gasteiger partial charge in [-0.15, -0.1) is 12.3 Å². The molecule has 7 nitrogen and oxygen atoms in total. The van der Waals surface area contributed by atoms with Gasteiger partial charge in [-0.05, 0) is 6.42 Å². The number of hydrogen-bond acceptors (Lipinski definition) is 3. The zero-order valence-corrected chi connectivity index (χ0v) is 11.5. The van der Waals surface area contributed by atoms with Gasteiger partial charge in [0.2, 0.25) is 0 Å². The first-order valence-electron chi connectivity index (χ1n) is 6.19. The van der Waals surface area contributed by atoms with E-state index >= 15 is 0 Å². The highest BCUT2D eigenvalue weighted by atomic mass is 16.4. The number of terminal acetylenes is 1. The van der Waals surface area contributed by atoms with Gasteiger partial charge in [-0.2, -0.15) is 5.10 Å². The number of carboxylic acids is 1. The van der Waals surface area contributed by atoms with Crippen LogP contribution >= 0.6 is 0 Å². The van der Waals surface area contributed by atoms with Gasteiger partial charge in [0, 0.05) is 31.3 Å². The molecule has 2 atom stereocenters. The summed E-state index contributed by atoms with van der Waals surface area (Å²) in [5.74, 6) is 1.31. The van der Waals surface area contributed by atoms with Crippen LogP contribution in [0.4, 0.5) is 4.79 Å². The van der Waals surface area contributed by atoms with Crippen molar-refractivity contribution in [2.75, 3.05) is 0 Å². The van der Waals surface area contributed by atoms with E-state index in [0.717, 1.165) is 0 Å². The SMILES string of the molecule is C#CCC(CC)NC(=O)NC(C(=O)O)c1cnn(C)c1. The van der Waals surface area contributed by atoms with Crippen LogP contribution in [0.3, 0.4) is 0 Å². The monoisotopic (exact) mass is 278 g/mol. The Morgan fingerprint density at radius 3 is 2.70 bits per heavy atom. The van der Waals surface area contributed by atoms with E-state index < -0.39 is 18.0 Å². The Kier molecular flexibility index (Phi) is 5.59. The van der Waals surface area contributed by atoms with E-state index in [1.54, 1.807) is 7.05 Å². The molecule has 0 spiro atoms. The highest BCUT2D eigenvalue weighted by molar-refractivity contribution is 5.83. The Bertz CT molecular complexity index is 518. The number of amides is 2. The van der Waals surface area contributed by atoms with Gasteiger partial charge in [-0.25, -0.2) is 9.59 Å². The summed E-state index contributed by atoms with van der Waals surface area (Å²) in [6, 6.07) is -1.89. The summed E-state index contributed by atoms with van der Waals surface area (Å²) in [7, 11) is 1.67. The Labute approximate surface area is 117 Å². The maximum Gasteiger partial charge on any atom is 0.331 e. The average molecular weight is 278 g/mol. The molecule has 0 saturated carbocycles. The number of hydrogen-bond donors (Lipinski definition) is 3. The predicted molar refractivity (Wildman–Crippen MR) is 72.8 cm³/mol. The van der Waals surface area contributed by atoms with Crippen LogP contribution in [0, 0.1) is 12.3 Å². The first-order valence-corrected chi connectivity index (χ1v) is 6.19. The van der Waals surface area contributed by atoms with Crippen molar-refractivity contribution in [3.63, 3.8) is 0 Å². The quantitative estimate of drug-likeness (QED) is 0.665. The van der Waals surface area contributed by atoms with Crippen LogP contribution in [0.15, 0.2) is 12.4 Å². The number of nitrogens with one attached hydrogen (secondary N) is 2. The first kappa shape index (κ1) is 15.6. The number of carboxylic acid groups (broad SMARTS) is 1. The van der Waals surface area contributed by atoms with Crippen molar-refractivity contribution in [3.05, 3.63) is 18.0 Å². The molecule has 2 unspecified atom stereocenters. The van der Waals surface area contributed by atoms with Gasteiger partial charge < -0.3 is 15.7 Å².